The molecule has 0 spiro atoms. The Bertz CT molecular complexity index is 449. The minimum Gasteiger partial charge on any atom is -0.395 e. The molecule has 1 saturated carbocycles. The van der Waals surface area contributed by atoms with Gasteiger partial charge in [-0.25, -0.2) is 0 Å². The molecule has 3 rings (SSSR count). The first-order valence-electron chi connectivity index (χ1n) is 7.93. The standard InChI is InChI=1S/C17H25NO3/c1-17(14-6-3-2-4-7-14)20-13-16(21-17)12-18(10-11-19)15-8-5-9-15/h2-4,6-7,15-16,19H,5,8-13H2,1H3. The zero-order chi connectivity index (χ0) is 14.7. The second kappa shape index (κ2) is 6.44. The molecule has 2 atom stereocenters. The highest BCUT2D eigenvalue weighted by atomic mass is 16.7. The summed E-state index contributed by atoms with van der Waals surface area (Å²) in [5.74, 6) is -0.642. The molecule has 1 aromatic rings. The van der Waals surface area contributed by atoms with Crippen molar-refractivity contribution in [2.75, 3.05) is 26.3 Å². The summed E-state index contributed by atoms with van der Waals surface area (Å²) in [5, 5.41) is 9.25. The summed E-state index contributed by atoms with van der Waals surface area (Å²) in [4.78, 5) is 2.36. The van der Waals surface area contributed by atoms with Gasteiger partial charge in [-0.1, -0.05) is 36.8 Å². The number of hydrogen-bond donors (Lipinski definition) is 1. The van der Waals surface area contributed by atoms with E-state index < -0.39 is 5.79 Å². The van der Waals surface area contributed by atoms with Gasteiger partial charge in [0, 0.05) is 24.7 Å². The molecule has 1 N–H and O–H groups in total. The van der Waals surface area contributed by atoms with Gasteiger partial charge in [-0.2, -0.15) is 0 Å². The normalized spacial score (nSPS) is 29.8. The number of aliphatic hydroxyl groups excluding tert-OH is 1. The number of aliphatic hydroxyl groups is 1. The Labute approximate surface area is 126 Å². The van der Waals surface area contributed by atoms with E-state index in [0.717, 1.165) is 18.7 Å². The first-order chi connectivity index (χ1) is 10.2. The van der Waals surface area contributed by atoms with Crippen LogP contribution in [-0.4, -0.2) is 48.5 Å². The Balaban J connectivity index is 1.61. The first-order valence-corrected chi connectivity index (χ1v) is 7.93. The summed E-state index contributed by atoms with van der Waals surface area (Å²) in [6.45, 7) is 4.38. The van der Waals surface area contributed by atoms with Gasteiger partial charge in [-0.15, -0.1) is 0 Å². The van der Waals surface area contributed by atoms with Crippen LogP contribution in [0.2, 0.25) is 0 Å². The highest BCUT2D eigenvalue weighted by Gasteiger charge is 2.40. The molecule has 1 aromatic carbocycles. The molecule has 0 amide bonds. The Kier molecular flexibility index (Phi) is 4.60. The van der Waals surface area contributed by atoms with Crippen molar-refractivity contribution in [2.45, 2.75) is 44.1 Å². The van der Waals surface area contributed by atoms with Crippen molar-refractivity contribution in [3.05, 3.63) is 35.9 Å². The maximum atomic E-state index is 9.25. The molecule has 1 heterocycles. The summed E-state index contributed by atoms with van der Waals surface area (Å²) in [6.07, 6.45) is 3.85. The molecule has 1 aliphatic carbocycles. The van der Waals surface area contributed by atoms with Crippen molar-refractivity contribution >= 4 is 0 Å². The van der Waals surface area contributed by atoms with Gasteiger partial charge in [0.05, 0.1) is 19.3 Å². The molecule has 116 valence electrons. The zero-order valence-corrected chi connectivity index (χ0v) is 12.7. The largest absolute Gasteiger partial charge is 0.395 e. The second-order valence-electron chi connectivity index (χ2n) is 6.17. The molecule has 2 unspecified atom stereocenters. The predicted molar refractivity (Wildman–Crippen MR) is 80.9 cm³/mol. The summed E-state index contributed by atoms with van der Waals surface area (Å²) in [6, 6.07) is 10.7. The number of benzene rings is 1. The highest BCUT2D eigenvalue weighted by molar-refractivity contribution is 5.20. The summed E-state index contributed by atoms with van der Waals surface area (Å²) < 4.78 is 12.1. The number of rotatable bonds is 6. The van der Waals surface area contributed by atoms with Crippen molar-refractivity contribution in [3.8, 4) is 0 Å². The van der Waals surface area contributed by atoms with Gasteiger partial charge < -0.3 is 14.6 Å². The van der Waals surface area contributed by atoms with Crippen LogP contribution in [0.1, 0.15) is 31.7 Å². The Morgan fingerprint density at radius 1 is 1.29 bits per heavy atom. The van der Waals surface area contributed by atoms with Crippen molar-refractivity contribution in [1.29, 1.82) is 0 Å². The first kappa shape index (κ1) is 15.0. The summed E-state index contributed by atoms with van der Waals surface area (Å²) in [5.41, 5.74) is 1.06. The molecule has 2 fully saturated rings. The van der Waals surface area contributed by atoms with Crippen LogP contribution in [0.25, 0.3) is 0 Å². The molecule has 2 aliphatic rings. The highest BCUT2D eigenvalue weighted by Crippen LogP contribution is 2.34. The molecule has 1 saturated heterocycles. The van der Waals surface area contributed by atoms with Crippen LogP contribution >= 0.6 is 0 Å². The lowest BCUT2D eigenvalue weighted by Crippen LogP contribution is -2.46. The molecular weight excluding hydrogens is 266 g/mol. The minimum atomic E-state index is -0.642. The van der Waals surface area contributed by atoms with E-state index in [9.17, 15) is 5.11 Å². The molecule has 0 bridgehead atoms. The van der Waals surface area contributed by atoms with Crippen molar-refractivity contribution < 1.29 is 14.6 Å². The van der Waals surface area contributed by atoms with Crippen molar-refractivity contribution in [1.82, 2.24) is 4.90 Å². The number of nitrogens with zero attached hydrogens (tertiary/aromatic N) is 1. The lowest BCUT2D eigenvalue weighted by molar-refractivity contribution is -0.164. The Morgan fingerprint density at radius 2 is 2.05 bits per heavy atom. The Hall–Kier alpha value is -0.940. The van der Waals surface area contributed by atoms with Crippen LogP contribution in [-0.2, 0) is 15.3 Å². The van der Waals surface area contributed by atoms with E-state index in [4.69, 9.17) is 9.47 Å². The van der Waals surface area contributed by atoms with Gasteiger partial charge in [-0.05, 0) is 19.8 Å². The van der Waals surface area contributed by atoms with Gasteiger partial charge in [0.15, 0.2) is 5.79 Å². The summed E-state index contributed by atoms with van der Waals surface area (Å²) >= 11 is 0. The lowest BCUT2D eigenvalue weighted by atomic mass is 9.91. The predicted octanol–water partition coefficient (Wildman–Crippen LogP) is 2.12. The maximum Gasteiger partial charge on any atom is 0.192 e. The van der Waals surface area contributed by atoms with E-state index in [2.05, 4.69) is 4.90 Å². The fraction of sp³-hybridized carbons (Fsp3) is 0.647. The molecule has 0 aromatic heterocycles. The van der Waals surface area contributed by atoms with Crippen molar-refractivity contribution in [3.63, 3.8) is 0 Å². The van der Waals surface area contributed by atoms with Gasteiger partial charge in [0.25, 0.3) is 0 Å². The van der Waals surface area contributed by atoms with E-state index in [1.807, 2.05) is 37.3 Å². The van der Waals surface area contributed by atoms with Crippen LogP contribution in [0.3, 0.4) is 0 Å². The fourth-order valence-corrected chi connectivity index (χ4v) is 3.19. The third-order valence-corrected chi connectivity index (χ3v) is 4.65. The molecular formula is C17H25NO3. The smallest absolute Gasteiger partial charge is 0.192 e. The fourth-order valence-electron chi connectivity index (χ4n) is 3.19. The SMILES string of the molecule is CC1(c2ccccc2)OCC(CN(CCO)C2CCC2)O1. The van der Waals surface area contributed by atoms with E-state index in [0.29, 0.717) is 12.6 Å². The van der Waals surface area contributed by atoms with E-state index in [1.165, 1.54) is 19.3 Å². The monoisotopic (exact) mass is 291 g/mol. The van der Waals surface area contributed by atoms with E-state index in [-0.39, 0.29) is 12.7 Å². The molecule has 21 heavy (non-hydrogen) atoms. The maximum absolute atomic E-state index is 9.25. The van der Waals surface area contributed by atoms with Crippen molar-refractivity contribution in [2.24, 2.45) is 0 Å². The molecule has 4 nitrogen and oxygen atoms in total. The average Bonchev–Trinajstić information content (AvgIpc) is 2.81. The minimum absolute atomic E-state index is 0.0716. The van der Waals surface area contributed by atoms with Gasteiger partial charge in [0.2, 0.25) is 0 Å². The molecule has 4 heteroatoms. The summed E-state index contributed by atoms with van der Waals surface area (Å²) in [7, 11) is 0. The molecule has 0 radical (unpaired) electrons. The number of ether oxygens (including phenoxy) is 2. The van der Waals surface area contributed by atoms with Crippen LogP contribution in [0.4, 0.5) is 0 Å². The Morgan fingerprint density at radius 3 is 2.67 bits per heavy atom. The van der Waals surface area contributed by atoms with Gasteiger partial charge in [-0.3, -0.25) is 4.90 Å². The number of hydrogen-bond acceptors (Lipinski definition) is 4. The van der Waals surface area contributed by atoms with Crippen LogP contribution in [0.5, 0.6) is 0 Å². The van der Waals surface area contributed by atoms with Gasteiger partial charge >= 0.3 is 0 Å². The zero-order valence-electron chi connectivity index (χ0n) is 12.7. The van der Waals surface area contributed by atoms with E-state index in [1.54, 1.807) is 0 Å². The second-order valence-corrected chi connectivity index (χ2v) is 6.17. The third-order valence-electron chi connectivity index (χ3n) is 4.65. The third kappa shape index (κ3) is 3.29. The molecule has 1 aliphatic heterocycles. The average molecular weight is 291 g/mol. The van der Waals surface area contributed by atoms with E-state index >= 15 is 0 Å². The van der Waals surface area contributed by atoms with Crippen LogP contribution in [0, 0.1) is 0 Å². The van der Waals surface area contributed by atoms with Crippen LogP contribution < -0.4 is 0 Å². The topological polar surface area (TPSA) is 41.9 Å². The van der Waals surface area contributed by atoms with Gasteiger partial charge in [0.1, 0.15) is 0 Å². The lowest BCUT2D eigenvalue weighted by Gasteiger charge is -2.38. The quantitative estimate of drug-likeness (QED) is 0.872. The van der Waals surface area contributed by atoms with Crippen LogP contribution in [0.15, 0.2) is 30.3 Å².